The van der Waals surface area contributed by atoms with Gasteiger partial charge in [-0.2, -0.15) is 0 Å². The number of aromatic amines is 1. The van der Waals surface area contributed by atoms with Gasteiger partial charge >= 0.3 is 6.09 Å². The van der Waals surface area contributed by atoms with Crippen LogP contribution in [0, 0.1) is 5.92 Å². The Morgan fingerprint density at radius 3 is 2.34 bits per heavy atom. The van der Waals surface area contributed by atoms with Gasteiger partial charge in [0.15, 0.2) is 0 Å². The lowest BCUT2D eigenvalue weighted by Crippen LogP contribution is -2.39. The van der Waals surface area contributed by atoms with Crippen LogP contribution in [0.25, 0.3) is 32.7 Å². The third-order valence-corrected chi connectivity index (χ3v) is 10.0. The predicted octanol–water partition coefficient (Wildman–Crippen LogP) is 7.93. The number of nitrogens with one attached hydrogen (secondary N) is 1. The van der Waals surface area contributed by atoms with Gasteiger partial charge in [-0.05, 0) is 57.9 Å². The van der Waals surface area contributed by atoms with Crippen molar-refractivity contribution in [3.63, 3.8) is 0 Å². The minimum atomic E-state index is -0.271. The monoisotopic (exact) mass is 669 g/mol. The third-order valence-electron chi connectivity index (χ3n) is 10.0. The Kier molecular flexibility index (Phi) is 9.93. The second kappa shape index (κ2) is 15.0. The molecule has 1 N–H and O–H groups in total. The summed E-state index contributed by atoms with van der Waals surface area (Å²) in [6.07, 6.45) is 9.96. The molecule has 50 heavy (non-hydrogen) atoms. The van der Waals surface area contributed by atoms with E-state index in [4.69, 9.17) is 9.47 Å². The Labute approximate surface area is 292 Å². The molecular weight excluding hydrogens is 626 g/mol. The smallest absolute Gasteiger partial charge is 0.410 e. The van der Waals surface area contributed by atoms with Crippen molar-refractivity contribution in [3.8, 4) is 11.1 Å². The summed E-state index contributed by atoms with van der Waals surface area (Å²) in [5, 5.41) is 4.46. The molecule has 0 aliphatic carbocycles. The molecule has 9 nitrogen and oxygen atoms in total. The van der Waals surface area contributed by atoms with E-state index in [0.29, 0.717) is 37.7 Å². The summed E-state index contributed by atoms with van der Waals surface area (Å²) in [7, 11) is 3.46. The maximum Gasteiger partial charge on any atom is 0.410 e. The van der Waals surface area contributed by atoms with Crippen LogP contribution in [0.2, 0.25) is 0 Å². The Bertz CT molecular complexity index is 2070. The van der Waals surface area contributed by atoms with Gasteiger partial charge in [0.05, 0.1) is 36.4 Å². The zero-order valence-electron chi connectivity index (χ0n) is 28.6. The zero-order chi connectivity index (χ0) is 34.5. The fraction of sp³-hybridized carbons (Fsp3) is 0.293. The van der Waals surface area contributed by atoms with Gasteiger partial charge in [-0.1, -0.05) is 84.9 Å². The van der Waals surface area contributed by atoms with Crippen molar-refractivity contribution in [2.24, 2.45) is 5.92 Å². The molecule has 1 unspecified atom stereocenters. The van der Waals surface area contributed by atoms with E-state index in [1.807, 2.05) is 66.8 Å². The minimum absolute atomic E-state index is 0.0533. The number of carbonyl (C=O) groups excluding carboxylic acids is 2. The summed E-state index contributed by atoms with van der Waals surface area (Å²) in [4.78, 5) is 38.4. The van der Waals surface area contributed by atoms with E-state index in [1.165, 1.54) is 0 Å². The summed E-state index contributed by atoms with van der Waals surface area (Å²) in [5.41, 5.74) is 4.54. The molecule has 1 aliphatic rings. The average Bonchev–Trinajstić information content (AvgIpc) is 3.86. The Morgan fingerprint density at radius 1 is 0.900 bits per heavy atom. The number of piperidine rings is 1. The largest absolute Gasteiger partial charge is 0.445 e. The van der Waals surface area contributed by atoms with Crippen LogP contribution >= 0.6 is 0 Å². The number of ether oxygens (including phenoxy) is 2. The number of aromatic nitrogens is 3. The Hall–Kier alpha value is -5.41. The fourth-order valence-corrected chi connectivity index (χ4v) is 7.21. The molecule has 2 aromatic heterocycles. The van der Waals surface area contributed by atoms with E-state index < -0.39 is 0 Å². The molecule has 2 amide bonds. The van der Waals surface area contributed by atoms with Crippen molar-refractivity contribution >= 4 is 33.5 Å². The van der Waals surface area contributed by atoms with Crippen LogP contribution in [0.3, 0.4) is 0 Å². The molecule has 4 aromatic carbocycles. The summed E-state index contributed by atoms with van der Waals surface area (Å²) in [5.74, 6) is 0.305. The number of methoxy groups -OCH3 is 1. The normalized spacial score (nSPS) is 14.2. The molecular formula is C41H43N5O4. The van der Waals surface area contributed by atoms with Gasteiger partial charge in [0.2, 0.25) is 0 Å². The topological polar surface area (TPSA) is 92.7 Å². The molecule has 256 valence electrons. The number of amides is 2. The number of fused-ring (bicyclic) bond motifs is 2. The van der Waals surface area contributed by atoms with Crippen LogP contribution in [-0.4, -0.2) is 76.7 Å². The quantitative estimate of drug-likeness (QED) is 0.151. The highest BCUT2D eigenvalue weighted by Crippen LogP contribution is 2.37. The minimum Gasteiger partial charge on any atom is -0.445 e. The van der Waals surface area contributed by atoms with Crippen LogP contribution in [0.4, 0.5) is 4.79 Å². The van der Waals surface area contributed by atoms with Crippen LogP contribution in [0.15, 0.2) is 110 Å². The van der Waals surface area contributed by atoms with Crippen molar-refractivity contribution in [1.29, 1.82) is 0 Å². The number of rotatable bonds is 11. The van der Waals surface area contributed by atoms with Crippen molar-refractivity contribution in [2.75, 3.05) is 40.4 Å². The number of hydrogen-bond donors (Lipinski definition) is 1. The highest BCUT2D eigenvalue weighted by Gasteiger charge is 2.29. The summed E-state index contributed by atoms with van der Waals surface area (Å²) in [6, 6.07) is 28.7. The molecule has 0 saturated carbocycles. The molecule has 1 atom stereocenters. The number of hydrogen-bond acceptors (Lipinski definition) is 5. The summed E-state index contributed by atoms with van der Waals surface area (Å²) < 4.78 is 13.3. The van der Waals surface area contributed by atoms with Crippen molar-refractivity contribution in [1.82, 2.24) is 24.3 Å². The first-order chi connectivity index (χ1) is 24.5. The van der Waals surface area contributed by atoms with Crippen LogP contribution in [-0.2, 0) is 16.1 Å². The number of likely N-dealkylation sites (N-methyl/N-ethyl adjacent to an activating group) is 1. The average molecular weight is 670 g/mol. The van der Waals surface area contributed by atoms with E-state index >= 15 is 0 Å². The number of H-pyrrole nitrogens is 1. The van der Waals surface area contributed by atoms with E-state index in [-0.39, 0.29) is 24.6 Å². The molecule has 1 saturated heterocycles. The highest BCUT2D eigenvalue weighted by molar-refractivity contribution is 6.06. The van der Waals surface area contributed by atoms with E-state index in [2.05, 4.69) is 63.2 Å². The standard InChI is InChI=1S/C41H43N5O4/c1-44(21-22-49-2)40(47)37-26-46(25-36(37)35-16-8-12-31-10-4-6-15-34(31)35)39(38-24-42-28-43-38)23-29-17-19-45(20-18-29)41(48)50-27-32-13-7-11-30-9-3-5-14-33(30)32/h3-16,24-26,28-29,39H,17-23,27H2,1-2H3,(H,42,43). The first-order valence-electron chi connectivity index (χ1n) is 17.3. The molecule has 7 rings (SSSR count). The van der Waals surface area contributed by atoms with Crippen molar-refractivity contribution < 1.29 is 19.1 Å². The van der Waals surface area contributed by atoms with Gasteiger partial charge in [-0.3, -0.25) is 4.79 Å². The van der Waals surface area contributed by atoms with E-state index in [1.54, 1.807) is 18.3 Å². The molecule has 1 aliphatic heterocycles. The summed E-state index contributed by atoms with van der Waals surface area (Å²) >= 11 is 0. The first kappa shape index (κ1) is 33.1. The van der Waals surface area contributed by atoms with E-state index in [0.717, 1.165) is 63.2 Å². The molecule has 9 heteroatoms. The van der Waals surface area contributed by atoms with Gasteiger partial charge in [0, 0.05) is 51.7 Å². The number of benzene rings is 4. The maximum atomic E-state index is 14.0. The van der Waals surface area contributed by atoms with Gasteiger partial charge < -0.3 is 28.8 Å². The molecule has 0 bridgehead atoms. The third kappa shape index (κ3) is 7.00. The number of imidazole rings is 1. The number of carbonyl (C=O) groups is 2. The van der Waals surface area contributed by atoms with E-state index in [9.17, 15) is 9.59 Å². The van der Waals surface area contributed by atoms with Crippen molar-refractivity contribution in [2.45, 2.75) is 31.9 Å². The lowest BCUT2D eigenvalue weighted by molar-refractivity contribution is 0.0744. The predicted molar refractivity (Wildman–Crippen MR) is 196 cm³/mol. The second-order valence-corrected chi connectivity index (χ2v) is 13.2. The van der Waals surface area contributed by atoms with Gasteiger partial charge in [-0.15, -0.1) is 0 Å². The fourth-order valence-electron chi connectivity index (χ4n) is 7.21. The van der Waals surface area contributed by atoms with Gasteiger partial charge in [0.1, 0.15) is 6.61 Å². The van der Waals surface area contributed by atoms with Crippen LogP contribution in [0.1, 0.15) is 46.9 Å². The van der Waals surface area contributed by atoms with Gasteiger partial charge in [-0.25, -0.2) is 9.78 Å². The Morgan fingerprint density at radius 2 is 1.60 bits per heavy atom. The molecule has 0 spiro atoms. The lowest BCUT2D eigenvalue weighted by atomic mass is 9.89. The Balaban J connectivity index is 1.10. The molecule has 6 aromatic rings. The van der Waals surface area contributed by atoms with Gasteiger partial charge in [0.25, 0.3) is 5.91 Å². The summed E-state index contributed by atoms with van der Waals surface area (Å²) in [6.45, 7) is 2.46. The zero-order valence-corrected chi connectivity index (χ0v) is 28.6. The van der Waals surface area contributed by atoms with Crippen LogP contribution in [0.5, 0.6) is 0 Å². The molecule has 0 radical (unpaired) electrons. The second-order valence-electron chi connectivity index (χ2n) is 13.2. The number of likely N-dealkylation sites (tertiary alicyclic amines) is 1. The highest BCUT2D eigenvalue weighted by atomic mass is 16.6. The molecule has 1 fully saturated rings. The lowest BCUT2D eigenvalue weighted by Gasteiger charge is -2.33. The first-order valence-corrected chi connectivity index (χ1v) is 17.3. The number of nitrogens with zero attached hydrogens (tertiary/aromatic N) is 4. The van der Waals surface area contributed by atoms with Crippen LogP contribution < -0.4 is 0 Å². The molecule has 3 heterocycles. The SMILES string of the molecule is COCCN(C)C(=O)c1cn(C(CC2CCN(C(=O)OCc3cccc4ccccc34)CC2)c2cnc[nH]2)cc1-c1cccc2ccccc12. The van der Waals surface area contributed by atoms with Crippen molar-refractivity contribution in [3.05, 3.63) is 127 Å². The maximum absolute atomic E-state index is 14.0.